The highest BCUT2D eigenvalue weighted by molar-refractivity contribution is 5.95. The average molecular weight is 380 g/mol. The third kappa shape index (κ3) is 5.50. The molecule has 0 radical (unpaired) electrons. The molecule has 1 aliphatic rings. The van der Waals surface area contributed by atoms with Gasteiger partial charge >= 0.3 is 0 Å². The Morgan fingerprint density at radius 2 is 1.96 bits per heavy atom. The van der Waals surface area contributed by atoms with E-state index in [0.29, 0.717) is 23.8 Å². The van der Waals surface area contributed by atoms with Gasteiger partial charge in [-0.1, -0.05) is 11.6 Å². The number of benzene rings is 2. The fraction of sp³-hybridized carbons (Fsp3) is 0.318. The molecule has 2 aromatic carbocycles. The summed E-state index contributed by atoms with van der Waals surface area (Å²) in [5.74, 6) is 1.05. The van der Waals surface area contributed by atoms with E-state index in [-0.39, 0.29) is 11.6 Å². The van der Waals surface area contributed by atoms with Gasteiger partial charge in [0.1, 0.15) is 23.4 Å². The summed E-state index contributed by atoms with van der Waals surface area (Å²) in [6, 6.07) is 12.9. The van der Waals surface area contributed by atoms with Crippen LogP contribution in [-0.2, 0) is 0 Å². The van der Waals surface area contributed by atoms with Crippen molar-refractivity contribution in [3.63, 3.8) is 0 Å². The number of anilines is 1. The molecule has 0 atom stereocenters. The Morgan fingerprint density at radius 3 is 2.64 bits per heavy atom. The zero-order valence-corrected chi connectivity index (χ0v) is 16.2. The number of phenolic OH excluding ortho intramolecular Hbond substituents is 1. The van der Waals surface area contributed by atoms with Crippen LogP contribution in [0.5, 0.6) is 11.5 Å². The molecule has 2 aromatic rings. The summed E-state index contributed by atoms with van der Waals surface area (Å²) >= 11 is 0. The van der Waals surface area contributed by atoms with E-state index in [1.54, 1.807) is 18.2 Å². The third-order valence-corrected chi connectivity index (χ3v) is 4.76. The van der Waals surface area contributed by atoms with Crippen molar-refractivity contribution >= 4 is 17.6 Å². The summed E-state index contributed by atoms with van der Waals surface area (Å²) in [6.45, 7) is 4.65. The second-order valence-electron chi connectivity index (χ2n) is 7.12. The first kappa shape index (κ1) is 19.8. The number of rotatable bonds is 7. The van der Waals surface area contributed by atoms with Crippen LogP contribution in [0.4, 0.5) is 5.69 Å². The number of aromatic hydroxyl groups is 1. The fourth-order valence-electron chi connectivity index (χ4n) is 3.15. The van der Waals surface area contributed by atoms with Crippen LogP contribution in [0, 0.1) is 5.41 Å². The van der Waals surface area contributed by atoms with Gasteiger partial charge in [-0.25, -0.2) is 0 Å². The zero-order chi connectivity index (χ0) is 19.9. The SMILES string of the molecule is C/C(=C\c1cc(C(=N)N)ccc1O)CNc1ccc(OC2CCNCC2)cc1. The Balaban J connectivity index is 1.56. The monoisotopic (exact) mass is 380 g/mol. The quantitative estimate of drug-likeness (QED) is 0.374. The van der Waals surface area contributed by atoms with Crippen LogP contribution < -0.4 is 21.1 Å². The fourth-order valence-corrected chi connectivity index (χ4v) is 3.15. The minimum absolute atomic E-state index is 0.0165. The Bertz CT molecular complexity index is 840. The van der Waals surface area contributed by atoms with Crippen LogP contribution in [0.25, 0.3) is 6.08 Å². The molecule has 6 nitrogen and oxygen atoms in total. The molecule has 0 unspecified atom stereocenters. The highest BCUT2D eigenvalue weighted by Gasteiger charge is 2.14. The molecule has 1 heterocycles. The van der Waals surface area contributed by atoms with E-state index in [9.17, 15) is 5.11 Å². The summed E-state index contributed by atoms with van der Waals surface area (Å²) < 4.78 is 6.02. The van der Waals surface area contributed by atoms with Crippen LogP contribution in [0.3, 0.4) is 0 Å². The number of piperidine rings is 1. The molecule has 0 aliphatic carbocycles. The van der Waals surface area contributed by atoms with Gasteiger partial charge in [0, 0.05) is 23.4 Å². The zero-order valence-electron chi connectivity index (χ0n) is 16.2. The highest BCUT2D eigenvalue weighted by Crippen LogP contribution is 2.22. The second-order valence-corrected chi connectivity index (χ2v) is 7.12. The minimum atomic E-state index is -0.0165. The largest absolute Gasteiger partial charge is 0.507 e. The maximum Gasteiger partial charge on any atom is 0.122 e. The van der Waals surface area contributed by atoms with Crippen LogP contribution in [0.15, 0.2) is 48.0 Å². The number of nitrogens with two attached hydrogens (primary N) is 1. The van der Waals surface area contributed by atoms with E-state index in [0.717, 1.165) is 42.9 Å². The molecule has 0 aromatic heterocycles. The topological polar surface area (TPSA) is 103 Å². The van der Waals surface area contributed by atoms with Gasteiger partial charge in [0.2, 0.25) is 0 Å². The van der Waals surface area contributed by atoms with Crippen LogP contribution >= 0.6 is 0 Å². The van der Waals surface area contributed by atoms with E-state index in [1.165, 1.54) is 0 Å². The summed E-state index contributed by atoms with van der Waals surface area (Å²) in [5.41, 5.74) is 8.82. The van der Waals surface area contributed by atoms with Gasteiger partial charge in [-0.3, -0.25) is 5.41 Å². The molecule has 28 heavy (non-hydrogen) atoms. The van der Waals surface area contributed by atoms with Gasteiger partial charge in [-0.2, -0.15) is 0 Å². The lowest BCUT2D eigenvalue weighted by atomic mass is 10.1. The van der Waals surface area contributed by atoms with Gasteiger partial charge in [0.25, 0.3) is 0 Å². The van der Waals surface area contributed by atoms with E-state index >= 15 is 0 Å². The van der Waals surface area contributed by atoms with Crippen molar-refractivity contribution in [1.29, 1.82) is 5.41 Å². The number of nitrogen functional groups attached to an aromatic ring is 1. The molecule has 0 spiro atoms. The molecule has 1 aliphatic heterocycles. The Morgan fingerprint density at radius 1 is 1.25 bits per heavy atom. The van der Waals surface area contributed by atoms with E-state index in [1.807, 2.05) is 37.3 Å². The lowest BCUT2D eigenvalue weighted by molar-refractivity contribution is 0.162. The molecule has 1 saturated heterocycles. The summed E-state index contributed by atoms with van der Waals surface area (Å²) in [5, 5.41) is 24.3. The summed E-state index contributed by atoms with van der Waals surface area (Å²) in [4.78, 5) is 0. The molecule has 3 rings (SSSR count). The van der Waals surface area contributed by atoms with Crippen molar-refractivity contribution in [2.45, 2.75) is 25.9 Å². The van der Waals surface area contributed by atoms with Gasteiger partial charge in [0.05, 0.1) is 0 Å². The Hall–Kier alpha value is -2.99. The maximum atomic E-state index is 10.0. The number of amidine groups is 1. The molecule has 6 heteroatoms. The lowest BCUT2D eigenvalue weighted by Crippen LogP contribution is -2.34. The predicted octanol–water partition coefficient (Wildman–Crippen LogP) is 3.32. The average Bonchev–Trinajstić information content (AvgIpc) is 2.70. The van der Waals surface area contributed by atoms with Gasteiger partial charge in [-0.15, -0.1) is 0 Å². The molecular formula is C22H28N4O2. The van der Waals surface area contributed by atoms with Crippen molar-refractivity contribution in [3.05, 3.63) is 59.2 Å². The molecule has 1 fully saturated rings. The van der Waals surface area contributed by atoms with Crippen LogP contribution in [0.1, 0.15) is 30.9 Å². The van der Waals surface area contributed by atoms with Crippen molar-refractivity contribution < 1.29 is 9.84 Å². The first-order valence-corrected chi connectivity index (χ1v) is 9.57. The minimum Gasteiger partial charge on any atom is -0.507 e. The number of nitrogens with one attached hydrogen (secondary N) is 3. The first-order valence-electron chi connectivity index (χ1n) is 9.57. The van der Waals surface area contributed by atoms with E-state index in [2.05, 4.69) is 10.6 Å². The third-order valence-electron chi connectivity index (χ3n) is 4.76. The van der Waals surface area contributed by atoms with E-state index < -0.39 is 0 Å². The summed E-state index contributed by atoms with van der Waals surface area (Å²) in [6.07, 6.45) is 4.27. The standard InChI is InChI=1S/C22H28N4O2/c1-15(12-17-13-16(22(23)24)2-7-21(17)27)14-26-18-3-5-19(6-4-18)28-20-8-10-25-11-9-20/h2-7,12-13,20,25-27H,8-11,14H2,1H3,(H3,23,24)/b15-12+. The number of hydrogen-bond donors (Lipinski definition) is 5. The van der Waals surface area contributed by atoms with Gasteiger partial charge in [0.15, 0.2) is 0 Å². The first-order chi connectivity index (χ1) is 13.5. The van der Waals surface area contributed by atoms with Crippen molar-refractivity contribution in [2.75, 3.05) is 25.0 Å². The van der Waals surface area contributed by atoms with E-state index in [4.69, 9.17) is 15.9 Å². The molecule has 148 valence electrons. The van der Waals surface area contributed by atoms with Gasteiger partial charge in [-0.05, 0) is 75.3 Å². The highest BCUT2D eigenvalue weighted by atomic mass is 16.5. The smallest absolute Gasteiger partial charge is 0.122 e. The molecule has 0 amide bonds. The normalized spacial score (nSPS) is 15.2. The summed E-state index contributed by atoms with van der Waals surface area (Å²) in [7, 11) is 0. The number of hydrogen-bond acceptors (Lipinski definition) is 5. The Kier molecular flexibility index (Phi) is 6.55. The maximum absolute atomic E-state index is 10.0. The number of phenols is 1. The van der Waals surface area contributed by atoms with Crippen LogP contribution in [-0.4, -0.2) is 36.7 Å². The molecular weight excluding hydrogens is 352 g/mol. The molecule has 0 bridgehead atoms. The molecule has 6 N–H and O–H groups in total. The van der Waals surface area contributed by atoms with Crippen LogP contribution in [0.2, 0.25) is 0 Å². The lowest BCUT2D eigenvalue weighted by Gasteiger charge is -2.23. The van der Waals surface area contributed by atoms with Gasteiger partial charge < -0.3 is 26.2 Å². The predicted molar refractivity (Wildman–Crippen MR) is 114 cm³/mol. The van der Waals surface area contributed by atoms with Crippen molar-refractivity contribution in [3.8, 4) is 11.5 Å². The second kappa shape index (κ2) is 9.28. The number of ether oxygens (including phenoxy) is 1. The molecule has 0 saturated carbocycles. The van der Waals surface area contributed by atoms with Crippen molar-refractivity contribution in [1.82, 2.24) is 5.32 Å². The van der Waals surface area contributed by atoms with Crippen molar-refractivity contribution in [2.24, 2.45) is 5.73 Å². The Labute approximate surface area is 165 Å².